The molecule has 0 saturated heterocycles. The summed E-state index contributed by atoms with van der Waals surface area (Å²) >= 11 is 0. The molecule has 0 spiro atoms. The molecule has 1 N–H and O–H groups in total. The van der Waals surface area contributed by atoms with Gasteiger partial charge in [0, 0.05) is 5.71 Å². The van der Waals surface area contributed by atoms with E-state index < -0.39 is 0 Å². The van der Waals surface area contributed by atoms with Crippen molar-refractivity contribution in [3.8, 4) is 0 Å². The molecule has 0 fully saturated rings. The van der Waals surface area contributed by atoms with Gasteiger partial charge in [-0.3, -0.25) is 4.99 Å². The van der Waals surface area contributed by atoms with Crippen LogP contribution in [-0.2, 0) is 0 Å². The molecule has 0 saturated carbocycles. The van der Waals surface area contributed by atoms with E-state index in [1.165, 1.54) is 25.0 Å². The summed E-state index contributed by atoms with van der Waals surface area (Å²) in [5.74, 6) is 0. The molecule has 0 amide bonds. The number of hydrogen-bond donors (Lipinski definition) is 1. The molecule has 0 aliphatic carbocycles. The maximum absolute atomic E-state index is 4.32. The van der Waals surface area contributed by atoms with Gasteiger partial charge >= 0.3 is 37.7 Å². The number of aliphatic imine (C=N–C) groups is 1. The fourth-order valence-electron chi connectivity index (χ4n) is 1.13. The molecular formula is C9H18CaN2. The quantitative estimate of drug-likeness (QED) is 0.527. The number of allylic oxidation sites excluding steroid dienone is 1. The normalized spacial score (nSPS) is 14.6. The van der Waals surface area contributed by atoms with Gasteiger partial charge in [-0.05, 0) is 25.1 Å². The summed E-state index contributed by atoms with van der Waals surface area (Å²) in [5.41, 5.74) is 1.25. The summed E-state index contributed by atoms with van der Waals surface area (Å²) in [6.45, 7) is 2.98. The molecule has 0 bridgehead atoms. The van der Waals surface area contributed by atoms with Crippen LogP contribution in [0.25, 0.3) is 0 Å². The summed E-state index contributed by atoms with van der Waals surface area (Å²) in [7, 11) is 0. The Hall–Kier alpha value is 0.470. The van der Waals surface area contributed by atoms with E-state index in [0.717, 1.165) is 13.1 Å². The van der Waals surface area contributed by atoms with Crippen molar-refractivity contribution in [1.82, 2.24) is 5.32 Å². The standard InChI is InChI=1S/C9H16N2.Ca.2H/c1-2-3-4-5-9-6-7-10-8-11-9;;;/h6-7,10H,2-5,8H2,1H3;;;. The van der Waals surface area contributed by atoms with Crippen LogP contribution in [0.3, 0.4) is 0 Å². The third-order valence-corrected chi connectivity index (χ3v) is 1.80. The van der Waals surface area contributed by atoms with Crippen LogP contribution < -0.4 is 5.32 Å². The van der Waals surface area contributed by atoms with Crippen molar-refractivity contribution in [1.29, 1.82) is 0 Å². The van der Waals surface area contributed by atoms with Crippen molar-refractivity contribution in [2.75, 3.05) is 6.67 Å². The first-order valence-electron chi connectivity index (χ1n) is 4.36. The van der Waals surface area contributed by atoms with Gasteiger partial charge in [-0.15, -0.1) is 0 Å². The topological polar surface area (TPSA) is 24.4 Å². The second kappa shape index (κ2) is 8.09. The fraction of sp³-hybridized carbons (Fsp3) is 0.667. The van der Waals surface area contributed by atoms with Crippen LogP contribution in [0.5, 0.6) is 0 Å². The van der Waals surface area contributed by atoms with Crippen LogP contribution in [0, 0.1) is 0 Å². The van der Waals surface area contributed by atoms with Crippen LogP contribution in [0.2, 0.25) is 0 Å². The van der Waals surface area contributed by atoms with Crippen molar-refractivity contribution in [3.63, 3.8) is 0 Å². The van der Waals surface area contributed by atoms with E-state index in [-0.39, 0.29) is 37.7 Å². The average molecular weight is 194 g/mol. The molecule has 0 aromatic heterocycles. The van der Waals surface area contributed by atoms with E-state index in [1.54, 1.807) is 0 Å². The Morgan fingerprint density at radius 2 is 2.33 bits per heavy atom. The Morgan fingerprint density at radius 1 is 1.50 bits per heavy atom. The molecule has 1 aliphatic heterocycles. The van der Waals surface area contributed by atoms with Crippen molar-refractivity contribution < 1.29 is 0 Å². The minimum atomic E-state index is 0. The summed E-state index contributed by atoms with van der Waals surface area (Å²) < 4.78 is 0. The number of rotatable bonds is 4. The van der Waals surface area contributed by atoms with E-state index >= 15 is 0 Å². The maximum atomic E-state index is 4.32. The van der Waals surface area contributed by atoms with E-state index in [2.05, 4.69) is 23.3 Å². The molecule has 0 aromatic rings. The monoisotopic (exact) mass is 194 g/mol. The molecule has 2 nitrogen and oxygen atoms in total. The molecule has 3 heteroatoms. The van der Waals surface area contributed by atoms with Gasteiger partial charge in [0.25, 0.3) is 0 Å². The zero-order valence-corrected chi connectivity index (χ0v) is 7.14. The molecule has 0 unspecified atom stereocenters. The molecular weight excluding hydrogens is 176 g/mol. The molecule has 12 heavy (non-hydrogen) atoms. The minimum absolute atomic E-state index is 0. The van der Waals surface area contributed by atoms with E-state index in [4.69, 9.17) is 0 Å². The van der Waals surface area contributed by atoms with Crippen molar-refractivity contribution in [2.24, 2.45) is 4.99 Å². The summed E-state index contributed by atoms with van der Waals surface area (Å²) in [6, 6.07) is 0. The zero-order valence-electron chi connectivity index (χ0n) is 7.14. The Kier molecular flexibility index (Phi) is 8.40. The second-order valence-corrected chi connectivity index (χ2v) is 2.80. The molecule has 0 atom stereocenters. The zero-order chi connectivity index (χ0) is 7.94. The summed E-state index contributed by atoms with van der Waals surface area (Å²) in [5, 5.41) is 3.04. The Balaban J connectivity index is 0.00000121. The third-order valence-electron chi connectivity index (χ3n) is 1.80. The fourth-order valence-corrected chi connectivity index (χ4v) is 1.13. The first-order valence-corrected chi connectivity index (χ1v) is 4.36. The molecule has 0 radical (unpaired) electrons. The number of nitrogens with one attached hydrogen (secondary N) is 1. The Bertz CT molecular complexity index is 164. The van der Waals surface area contributed by atoms with Gasteiger partial charge in [0.2, 0.25) is 0 Å². The van der Waals surface area contributed by atoms with Gasteiger partial charge in [0.05, 0.1) is 0 Å². The second-order valence-electron chi connectivity index (χ2n) is 2.80. The van der Waals surface area contributed by atoms with Gasteiger partial charge in [0.15, 0.2) is 0 Å². The third kappa shape index (κ3) is 5.17. The Labute approximate surface area is 105 Å². The SMILES string of the molecule is CCCCCC1=NCNC=C1.[CaH2]. The molecule has 0 aromatic carbocycles. The number of unbranched alkanes of at least 4 members (excludes halogenated alkanes) is 2. The predicted molar refractivity (Wildman–Crippen MR) is 57.3 cm³/mol. The average Bonchev–Trinajstić information content (AvgIpc) is 2.07. The predicted octanol–water partition coefficient (Wildman–Crippen LogP) is 1.17. The summed E-state index contributed by atoms with van der Waals surface area (Å²) in [4.78, 5) is 4.32. The molecule has 1 aliphatic rings. The molecule has 1 rings (SSSR count). The molecule has 66 valence electrons. The van der Waals surface area contributed by atoms with Crippen LogP contribution in [0.15, 0.2) is 17.3 Å². The van der Waals surface area contributed by atoms with Crippen LogP contribution in [0.1, 0.15) is 32.6 Å². The first-order chi connectivity index (χ1) is 5.43. The van der Waals surface area contributed by atoms with E-state index in [9.17, 15) is 0 Å². The number of nitrogens with zero attached hydrogens (tertiary/aromatic N) is 1. The van der Waals surface area contributed by atoms with Crippen LogP contribution in [-0.4, -0.2) is 50.1 Å². The van der Waals surface area contributed by atoms with Crippen LogP contribution >= 0.6 is 0 Å². The van der Waals surface area contributed by atoms with E-state index in [0.29, 0.717) is 0 Å². The van der Waals surface area contributed by atoms with E-state index in [1.807, 2.05) is 6.20 Å². The van der Waals surface area contributed by atoms with Crippen LogP contribution in [0.4, 0.5) is 0 Å². The summed E-state index contributed by atoms with van der Waals surface area (Å²) in [6.07, 6.45) is 9.08. The van der Waals surface area contributed by atoms with Gasteiger partial charge < -0.3 is 5.32 Å². The van der Waals surface area contributed by atoms with Gasteiger partial charge in [0.1, 0.15) is 6.67 Å². The van der Waals surface area contributed by atoms with Gasteiger partial charge in [-0.1, -0.05) is 19.8 Å². The number of hydrogen-bond acceptors (Lipinski definition) is 2. The molecule has 1 heterocycles. The van der Waals surface area contributed by atoms with Gasteiger partial charge in [-0.25, -0.2) is 0 Å². The van der Waals surface area contributed by atoms with Crippen molar-refractivity contribution in [2.45, 2.75) is 32.6 Å². The van der Waals surface area contributed by atoms with Crippen molar-refractivity contribution >= 4 is 43.4 Å². The van der Waals surface area contributed by atoms with Gasteiger partial charge in [-0.2, -0.15) is 0 Å². The Morgan fingerprint density at radius 3 is 2.92 bits per heavy atom. The first kappa shape index (κ1) is 12.5. The van der Waals surface area contributed by atoms with Crippen molar-refractivity contribution in [3.05, 3.63) is 12.3 Å².